The van der Waals surface area contributed by atoms with Crippen molar-refractivity contribution in [2.45, 2.75) is 23.6 Å². The molecule has 0 aliphatic carbocycles. The Morgan fingerprint density at radius 3 is 2.79 bits per heavy atom. The smallest absolute Gasteiger partial charge is 0.250 e. The van der Waals surface area contributed by atoms with Crippen LogP contribution in [0.2, 0.25) is 0 Å². The summed E-state index contributed by atoms with van der Waals surface area (Å²) in [5.74, 6) is 0. The zero-order chi connectivity index (χ0) is 10.6. The molecule has 2 N–H and O–H groups in total. The maximum absolute atomic E-state index is 11.6. The molecule has 0 saturated carbocycles. The van der Waals surface area contributed by atoms with Crippen LogP contribution in [0.1, 0.15) is 13.3 Å². The van der Waals surface area contributed by atoms with Crippen molar-refractivity contribution in [1.29, 1.82) is 0 Å². The number of hydrogen-bond donors (Lipinski definition) is 2. The molecule has 0 aromatic carbocycles. The zero-order valence-corrected chi connectivity index (χ0v) is 9.44. The van der Waals surface area contributed by atoms with Crippen LogP contribution in [0.3, 0.4) is 0 Å². The molecular formula is C8H13NO3S2. The third kappa shape index (κ3) is 2.78. The largest absolute Gasteiger partial charge is 0.395 e. The van der Waals surface area contributed by atoms with Crippen molar-refractivity contribution in [2.24, 2.45) is 0 Å². The van der Waals surface area contributed by atoms with Gasteiger partial charge in [0, 0.05) is 6.04 Å². The van der Waals surface area contributed by atoms with E-state index in [0.29, 0.717) is 6.42 Å². The summed E-state index contributed by atoms with van der Waals surface area (Å²) in [6.45, 7) is 1.64. The van der Waals surface area contributed by atoms with Gasteiger partial charge in [-0.2, -0.15) is 0 Å². The lowest BCUT2D eigenvalue weighted by molar-refractivity contribution is 0.254. The lowest BCUT2D eigenvalue weighted by Gasteiger charge is -2.12. The number of nitrogens with one attached hydrogen (secondary N) is 1. The number of aliphatic hydroxyl groups excluding tert-OH is 1. The van der Waals surface area contributed by atoms with Crippen molar-refractivity contribution in [3.05, 3.63) is 17.5 Å². The van der Waals surface area contributed by atoms with Crippen molar-refractivity contribution in [1.82, 2.24) is 4.72 Å². The highest BCUT2D eigenvalue weighted by Crippen LogP contribution is 2.15. The molecule has 0 bridgehead atoms. The van der Waals surface area contributed by atoms with E-state index in [-0.39, 0.29) is 10.8 Å². The summed E-state index contributed by atoms with van der Waals surface area (Å²) in [6, 6.07) is 2.82. The zero-order valence-electron chi connectivity index (χ0n) is 7.80. The minimum Gasteiger partial charge on any atom is -0.395 e. The summed E-state index contributed by atoms with van der Waals surface area (Å²) in [5, 5.41) is 10.6. The fourth-order valence-corrected chi connectivity index (χ4v) is 3.26. The molecule has 0 spiro atoms. The van der Waals surface area contributed by atoms with Gasteiger partial charge in [-0.15, -0.1) is 11.3 Å². The summed E-state index contributed by atoms with van der Waals surface area (Å²) < 4.78 is 25.9. The van der Waals surface area contributed by atoms with Crippen LogP contribution in [0.15, 0.2) is 21.7 Å². The van der Waals surface area contributed by atoms with Crippen LogP contribution in [-0.4, -0.2) is 26.2 Å². The van der Waals surface area contributed by atoms with Gasteiger partial charge >= 0.3 is 0 Å². The first-order valence-corrected chi connectivity index (χ1v) is 6.63. The molecule has 0 fully saturated rings. The van der Waals surface area contributed by atoms with Crippen LogP contribution < -0.4 is 4.72 Å². The fraction of sp³-hybridized carbons (Fsp3) is 0.500. The molecule has 1 unspecified atom stereocenters. The normalized spacial score (nSPS) is 14.1. The Kier molecular flexibility index (Phi) is 4.06. The van der Waals surface area contributed by atoms with E-state index in [2.05, 4.69) is 4.72 Å². The van der Waals surface area contributed by atoms with E-state index in [1.165, 1.54) is 6.07 Å². The van der Waals surface area contributed by atoms with Crippen LogP contribution >= 0.6 is 11.3 Å². The lowest BCUT2D eigenvalue weighted by atomic mass is 10.3. The van der Waals surface area contributed by atoms with Gasteiger partial charge in [-0.05, 0) is 17.9 Å². The highest BCUT2D eigenvalue weighted by Gasteiger charge is 2.18. The standard InChI is InChI=1S/C8H13NO3S2/c1-2-7(6-10)9-14(11,12)8-4-3-5-13-8/h3-5,7,9-10H,2,6H2,1H3. The molecular weight excluding hydrogens is 222 g/mol. The van der Waals surface area contributed by atoms with Crippen molar-refractivity contribution in [2.75, 3.05) is 6.61 Å². The lowest BCUT2D eigenvalue weighted by Crippen LogP contribution is -2.36. The molecule has 0 amide bonds. The molecule has 0 aliphatic heterocycles. The van der Waals surface area contributed by atoms with Crippen molar-refractivity contribution in [3.8, 4) is 0 Å². The molecule has 14 heavy (non-hydrogen) atoms. The van der Waals surface area contributed by atoms with Crippen molar-refractivity contribution < 1.29 is 13.5 Å². The Morgan fingerprint density at radius 2 is 2.36 bits per heavy atom. The number of hydrogen-bond acceptors (Lipinski definition) is 4. The molecule has 0 radical (unpaired) electrons. The maximum atomic E-state index is 11.6. The van der Waals surface area contributed by atoms with Gasteiger partial charge in [-0.3, -0.25) is 0 Å². The average molecular weight is 235 g/mol. The van der Waals surface area contributed by atoms with Crippen molar-refractivity contribution >= 4 is 21.4 Å². The summed E-state index contributed by atoms with van der Waals surface area (Å²) in [4.78, 5) is 0. The molecule has 1 atom stereocenters. The number of thiophene rings is 1. The van der Waals surface area contributed by atoms with Gasteiger partial charge in [0.2, 0.25) is 10.0 Å². The maximum Gasteiger partial charge on any atom is 0.250 e. The van der Waals surface area contributed by atoms with Gasteiger partial charge in [-0.1, -0.05) is 13.0 Å². The quantitative estimate of drug-likeness (QED) is 0.793. The SMILES string of the molecule is CCC(CO)NS(=O)(=O)c1cccs1. The highest BCUT2D eigenvalue weighted by atomic mass is 32.2. The Hall–Kier alpha value is -0.430. The van der Waals surface area contributed by atoms with Gasteiger partial charge < -0.3 is 5.11 Å². The first kappa shape index (κ1) is 11.6. The van der Waals surface area contributed by atoms with E-state index in [1.807, 2.05) is 6.92 Å². The van der Waals surface area contributed by atoms with E-state index in [0.717, 1.165) is 11.3 Å². The van der Waals surface area contributed by atoms with Crippen LogP contribution in [0.5, 0.6) is 0 Å². The Labute approximate surface area is 87.6 Å². The van der Waals surface area contributed by atoms with E-state index in [4.69, 9.17) is 5.11 Å². The second kappa shape index (κ2) is 4.88. The average Bonchev–Trinajstić information content (AvgIpc) is 2.67. The van der Waals surface area contributed by atoms with Gasteiger partial charge in [0.05, 0.1) is 6.61 Å². The Balaban J connectivity index is 2.77. The van der Waals surface area contributed by atoms with Crippen LogP contribution in [0.4, 0.5) is 0 Å². The first-order chi connectivity index (χ1) is 6.60. The third-order valence-corrected chi connectivity index (χ3v) is 4.71. The fourth-order valence-electron chi connectivity index (χ4n) is 0.944. The molecule has 1 rings (SSSR count). The summed E-state index contributed by atoms with van der Waals surface area (Å²) in [6.07, 6.45) is 0.571. The topological polar surface area (TPSA) is 66.4 Å². The second-order valence-electron chi connectivity index (χ2n) is 2.84. The predicted octanol–water partition coefficient (Wildman–Crippen LogP) is 0.797. The third-order valence-electron chi connectivity index (χ3n) is 1.79. The number of aliphatic hydroxyl groups is 1. The highest BCUT2D eigenvalue weighted by molar-refractivity contribution is 7.91. The van der Waals surface area contributed by atoms with Crippen LogP contribution in [0, 0.1) is 0 Å². The number of sulfonamides is 1. The minimum absolute atomic E-state index is 0.179. The predicted molar refractivity (Wildman–Crippen MR) is 55.8 cm³/mol. The van der Waals surface area contributed by atoms with E-state index >= 15 is 0 Å². The number of rotatable bonds is 5. The van der Waals surface area contributed by atoms with Crippen molar-refractivity contribution in [3.63, 3.8) is 0 Å². The molecule has 6 heteroatoms. The van der Waals surface area contributed by atoms with E-state index in [1.54, 1.807) is 11.4 Å². The summed E-state index contributed by atoms with van der Waals surface area (Å²) in [7, 11) is -3.43. The molecule has 1 aromatic rings. The van der Waals surface area contributed by atoms with Crippen LogP contribution in [0.25, 0.3) is 0 Å². The molecule has 80 valence electrons. The van der Waals surface area contributed by atoms with E-state index in [9.17, 15) is 8.42 Å². The van der Waals surface area contributed by atoms with Crippen LogP contribution in [-0.2, 0) is 10.0 Å². The molecule has 0 aliphatic rings. The minimum atomic E-state index is -3.43. The molecule has 1 heterocycles. The van der Waals surface area contributed by atoms with Gasteiger partial charge in [0.1, 0.15) is 4.21 Å². The summed E-state index contributed by atoms with van der Waals surface area (Å²) >= 11 is 1.16. The molecule has 0 saturated heterocycles. The van der Waals surface area contributed by atoms with E-state index < -0.39 is 16.1 Å². The second-order valence-corrected chi connectivity index (χ2v) is 5.73. The Morgan fingerprint density at radius 1 is 1.64 bits per heavy atom. The summed E-state index contributed by atoms with van der Waals surface area (Å²) in [5.41, 5.74) is 0. The molecule has 1 aromatic heterocycles. The molecule has 4 nitrogen and oxygen atoms in total. The van der Waals surface area contributed by atoms with Gasteiger partial charge in [0.15, 0.2) is 0 Å². The van der Waals surface area contributed by atoms with Gasteiger partial charge in [-0.25, -0.2) is 13.1 Å². The Bertz CT molecular complexity index is 354. The first-order valence-electron chi connectivity index (χ1n) is 4.27. The van der Waals surface area contributed by atoms with Gasteiger partial charge in [0.25, 0.3) is 0 Å². The monoisotopic (exact) mass is 235 g/mol.